The van der Waals surface area contributed by atoms with E-state index in [1.54, 1.807) is 24.3 Å². The van der Waals surface area contributed by atoms with E-state index >= 15 is 16.8 Å². The van der Waals surface area contributed by atoms with E-state index < -0.39 is 86.0 Å². The molecule has 0 spiro atoms. The molecule has 15 heteroatoms. The molecule has 9 aromatic carbocycles. The summed E-state index contributed by atoms with van der Waals surface area (Å²) in [4.78, 5) is 83.8. The number of nitrogens with zero attached hydrogens (tertiary/aromatic N) is 4. The van der Waals surface area contributed by atoms with Gasteiger partial charge in [0.1, 0.15) is 0 Å². The summed E-state index contributed by atoms with van der Waals surface area (Å²) in [5.74, 6) is -1.66. The smallest absolute Gasteiger partial charge is 0.656 e. The maximum atomic E-state index is 15.5. The summed E-state index contributed by atoms with van der Waals surface area (Å²) in [5.41, 5.74) is 11.5. The van der Waals surface area contributed by atoms with Gasteiger partial charge in [-0.1, -0.05) is 239 Å². The van der Waals surface area contributed by atoms with Gasteiger partial charge >= 0.3 is 19.5 Å². The molecule has 0 amide bonds. The zero-order chi connectivity index (χ0) is 79.9. The Kier molecular flexibility index (Phi) is 18.1. The maximum absolute atomic E-state index is 15.5. The van der Waals surface area contributed by atoms with Crippen molar-refractivity contribution in [3.63, 3.8) is 0 Å². The minimum atomic E-state index is -4.01. The third-order valence-corrected chi connectivity index (χ3v) is 26.0. The number of fused-ring (bicyclic) bond motifs is 2. The molecule has 6 heterocycles. The summed E-state index contributed by atoms with van der Waals surface area (Å²) in [6, 6.07) is 38.4. The SMILES string of the molecule is CC(C)(C)c1cc(-c2c3[n-]c(c4c3CS(=O)(=O)C4)c(-c3cc(C(C)(C)C)cc(C(C)(C)C)c3)c3nc(c(-c4cc(C(C)(C)C)cc(C(C)(C)C)c4)c4[n-]c(c5c4CS(=O)(=O)C5)c(-c4cc(C(C)(C)C)cc(C(C)(C)C)c4)c4nc2c2cc5c(=O)ccc(=O)c5cc42)c2cc4c(=O)ccc(=O)c4cc32)cc(C(C)(C)C)c1.[Zn+2]. The summed E-state index contributed by atoms with van der Waals surface area (Å²) in [6.07, 6.45) is 0. The molecule has 0 saturated carbocycles. The van der Waals surface area contributed by atoms with Gasteiger partial charge in [-0.05, 0) is 203 Å². The zero-order valence-corrected chi connectivity index (χ0v) is 73.6. The van der Waals surface area contributed by atoms with Gasteiger partial charge in [0.25, 0.3) is 0 Å². The van der Waals surface area contributed by atoms with E-state index in [9.17, 15) is 19.2 Å². The van der Waals surface area contributed by atoms with Crippen molar-refractivity contribution in [2.24, 2.45) is 0 Å². The van der Waals surface area contributed by atoms with Crippen LogP contribution >= 0.6 is 0 Å². The van der Waals surface area contributed by atoms with Crippen molar-refractivity contribution < 1.29 is 36.3 Å². The molecule has 13 aromatic rings. The van der Waals surface area contributed by atoms with Crippen LogP contribution in [0.4, 0.5) is 0 Å². The molecule has 0 unspecified atom stereocenters. The first-order valence-corrected chi connectivity index (χ1v) is 42.0. The molecular formula is C96H100N4O8S2Zn. The summed E-state index contributed by atoms with van der Waals surface area (Å²) >= 11 is 0. The second-order valence-corrected chi connectivity index (χ2v) is 44.1. The Morgan fingerprint density at radius 2 is 0.414 bits per heavy atom. The third-order valence-electron chi connectivity index (χ3n) is 23.1. The van der Waals surface area contributed by atoms with Crippen molar-refractivity contribution in [1.29, 1.82) is 0 Å². The molecule has 8 bridgehead atoms. The van der Waals surface area contributed by atoms with Crippen molar-refractivity contribution in [3.05, 3.63) is 229 Å². The molecule has 15 rings (SSSR count). The largest absolute Gasteiger partial charge is 2.00 e. The van der Waals surface area contributed by atoms with Gasteiger partial charge in [-0.3, -0.25) is 19.2 Å². The first-order valence-electron chi connectivity index (χ1n) is 38.4. The van der Waals surface area contributed by atoms with Crippen LogP contribution in [0.25, 0.3) is 132 Å². The summed E-state index contributed by atoms with van der Waals surface area (Å²) < 4.78 is 62.1. The van der Waals surface area contributed by atoms with Gasteiger partial charge in [-0.25, -0.2) is 26.8 Å². The van der Waals surface area contributed by atoms with Crippen LogP contribution in [-0.2, 0) is 105 Å². The van der Waals surface area contributed by atoms with Gasteiger partial charge in [0, 0.05) is 43.1 Å². The fourth-order valence-corrected chi connectivity index (χ4v) is 19.5. The molecule has 0 saturated heterocycles. The predicted molar refractivity (Wildman–Crippen MR) is 458 cm³/mol. The molecule has 0 aliphatic carbocycles. The van der Waals surface area contributed by atoms with E-state index in [2.05, 4.69) is 239 Å². The van der Waals surface area contributed by atoms with E-state index in [1.807, 2.05) is 0 Å². The van der Waals surface area contributed by atoms with Gasteiger partial charge in [0.2, 0.25) is 0 Å². The molecule has 111 heavy (non-hydrogen) atoms. The van der Waals surface area contributed by atoms with Gasteiger partial charge < -0.3 is 9.97 Å². The Hall–Kier alpha value is -8.88. The molecule has 0 N–H and O–H groups in total. The fourth-order valence-electron chi connectivity index (χ4n) is 16.3. The number of sulfone groups is 2. The Balaban J connectivity index is 0.0000103. The Morgan fingerprint density at radius 1 is 0.252 bits per heavy atom. The van der Waals surface area contributed by atoms with Crippen LogP contribution in [0, 0.1) is 0 Å². The molecule has 0 atom stereocenters. The Labute approximate surface area is 664 Å². The molecule has 12 nitrogen and oxygen atoms in total. The molecule has 566 valence electrons. The van der Waals surface area contributed by atoms with Gasteiger partial charge in [-0.15, -0.1) is 22.1 Å². The molecule has 2 aliphatic heterocycles. The van der Waals surface area contributed by atoms with Crippen molar-refractivity contribution in [2.45, 2.75) is 233 Å². The average Bonchev–Trinajstić information content (AvgIpc) is 1.54. The summed E-state index contributed by atoms with van der Waals surface area (Å²) in [5, 5.41) is 2.48. The second-order valence-electron chi connectivity index (χ2n) is 39.9. The van der Waals surface area contributed by atoms with E-state index in [-0.39, 0.29) is 62.7 Å². The van der Waals surface area contributed by atoms with Crippen LogP contribution < -0.4 is 31.7 Å². The second kappa shape index (κ2) is 25.6. The standard InChI is InChI=1S/C96H102N4O8S2.Zn/c1-89(2,3)53-29-49(30-54(37-53)90(4,5)6)77-81-65-41-61-62(74(102)26-25-73(61)101)42-66(65)82(97-81)78(50-31-55(91(7,8)9)38-56(32-50)92(10,11)12)87-71-47-110(107,108)48-72(71)88(100-87)80(52-35-59(95(19,20)21)40-60(36-52)96(22,23)24)84-68-44-64-63(75(103)27-28-76(64)104)43-67(68)83(98-84)79(86-70-46-109(105,106)45-69(70)85(77)99-86)51-33-57(93(13,14)15)39-58(34-51)94(16,17)18;/h25-44H,45-48H2,1-24H3,(H2,97,98,99,100,101,102,103,104);/q;+2/p-2. The van der Waals surface area contributed by atoms with E-state index in [0.717, 1.165) is 44.5 Å². The first-order chi connectivity index (χ1) is 50.6. The van der Waals surface area contributed by atoms with Crippen molar-refractivity contribution >= 4 is 107 Å². The molecule has 0 fully saturated rings. The van der Waals surface area contributed by atoms with E-state index in [1.165, 1.54) is 24.3 Å². The van der Waals surface area contributed by atoms with Gasteiger partial charge in [0.05, 0.1) is 45.1 Å². The molecule has 0 radical (unpaired) electrons. The summed E-state index contributed by atoms with van der Waals surface area (Å²) in [7, 11) is -8.01. The number of rotatable bonds is 4. The van der Waals surface area contributed by atoms with Crippen LogP contribution in [0.15, 0.2) is 141 Å². The predicted octanol–water partition coefficient (Wildman–Crippen LogP) is 21.0. The number of hydrogen-bond donors (Lipinski definition) is 0. The van der Waals surface area contributed by atoms with Crippen LogP contribution in [0.2, 0.25) is 0 Å². The fraction of sp³-hybridized carbons (Fsp3) is 0.375. The topological polar surface area (TPSA) is 191 Å². The van der Waals surface area contributed by atoms with Crippen LogP contribution in [0.5, 0.6) is 0 Å². The quantitative estimate of drug-likeness (QED) is 0.152. The number of aromatic nitrogens is 4. The van der Waals surface area contributed by atoms with E-state index in [0.29, 0.717) is 132 Å². The monoisotopic (exact) mass is 1560 g/mol. The number of hydrogen-bond acceptors (Lipinski definition) is 10. The maximum Gasteiger partial charge on any atom is 2.00 e. The normalized spacial score (nSPS) is 15.1. The Bertz CT molecular complexity index is 5920. The number of benzene rings is 8. The van der Waals surface area contributed by atoms with E-state index in [4.69, 9.17) is 19.9 Å². The first kappa shape index (κ1) is 78.8. The van der Waals surface area contributed by atoms with Gasteiger partial charge in [0.15, 0.2) is 41.4 Å². The van der Waals surface area contributed by atoms with Crippen LogP contribution in [0.3, 0.4) is 0 Å². The Morgan fingerprint density at radius 3 is 0.568 bits per heavy atom. The van der Waals surface area contributed by atoms with Crippen molar-refractivity contribution in [1.82, 2.24) is 19.9 Å². The minimum Gasteiger partial charge on any atom is -0.656 e. The van der Waals surface area contributed by atoms with Crippen LogP contribution in [-0.4, -0.2) is 26.8 Å². The molecular weight excluding hydrogens is 1470 g/mol. The average molecular weight is 1570 g/mol. The minimum absolute atomic E-state index is 0. The molecule has 4 aromatic heterocycles. The van der Waals surface area contributed by atoms with Gasteiger partial charge in [-0.2, -0.15) is 0 Å². The molecule has 2 aliphatic rings. The summed E-state index contributed by atoms with van der Waals surface area (Å²) in [6.45, 7) is 51.9. The van der Waals surface area contributed by atoms with Crippen molar-refractivity contribution in [3.8, 4) is 44.5 Å². The van der Waals surface area contributed by atoms with Crippen LogP contribution in [0.1, 0.15) is 233 Å². The third kappa shape index (κ3) is 13.7. The zero-order valence-electron chi connectivity index (χ0n) is 69.0. The van der Waals surface area contributed by atoms with Crippen molar-refractivity contribution in [2.75, 3.05) is 0 Å².